The van der Waals surface area contributed by atoms with E-state index in [0.29, 0.717) is 0 Å². The van der Waals surface area contributed by atoms with Gasteiger partial charge in [-0.2, -0.15) is 50.5 Å². The summed E-state index contributed by atoms with van der Waals surface area (Å²) in [5.41, 5.74) is 0. The molecule has 2 rings (SSSR count). The molecule has 0 aliphatic carbocycles. The predicted octanol–water partition coefficient (Wildman–Crippen LogP) is 3.31. The molecule has 0 radical (unpaired) electrons. The van der Waals surface area contributed by atoms with Gasteiger partial charge in [0.25, 0.3) is 0 Å². The molecule has 0 spiro atoms. The molecule has 2 aromatic heterocycles. The van der Waals surface area contributed by atoms with Crippen LogP contribution in [0.5, 0.6) is 0 Å². The fourth-order valence-electron chi connectivity index (χ4n) is 0.481. The smallest absolute Gasteiger partial charge is 0.484 e. The Morgan fingerprint density at radius 3 is 1.19 bits per heavy atom. The summed E-state index contributed by atoms with van der Waals surface area (Å²) in [6.45, 7) is 10.0. The van der Waals surface area contributed by atoms with Crippen LogP contribution in [0.4, 0.5) is 0 Å². The van der Waals surface area contributed by atoms with Gasteiger partial charge in [0.2, 0.25) is 0 Å². The van der Waals surface area contributed by atoms with Crippen LogP contribution in [-0.2, 0) is 39.0 Å². The van der Waals surface area contributed by atoms with E-state index in [2.05, 4.69) is 36.2 Å². The molecule has 0 aliphatic heterocycles. The Kier molecular flexibility index (Phi) is 45.6. The van der Waals surface area contributed by atoms with Crippen LogP contribution >= 0.6 is 0 Å². The van der Waals surface area contributed by atoms with E-state index in [9.17, 15) is 0 Å². The number of aromatic amines is 2. The summed E-state index contributed by atoms with van der Waals surface area (Å²) < 4.78 is 0. The Labute approximate surface area is 125 Å². The Morgan fingerprint density at radius 1 is 0.812 bits per heavy atom. The first-order valence-electron chi connectivity index (χ1n) is 4.40. The largest absolute Gasteiger partial charge is 4.00 e. The van der Waals surface area contributed by atoms with Gasteiger partial charge in [-0.15, -0.1) is 12.4 Å². The van der Waals surface area contributed by atoms with Gasteiger partial charge in [-0.1, -0.05) is 0 Å². The van der Waals surface area contributed by atoms with Crippen molar-refractivity contribution in [1.29, 1.82) is 0 Å². The van der Waals surface area contributed by atoms with Crippen LogP contribution in [0.2, 0.25) is 0 Å². The van der Waals surface area contributed by atoms with Crippen LogP contribution in [0, 0.1) is 26.2 Å². The van der Waals surface area contributed by atoms with Crippen molar-refractivity contribution in [2.45, 2.75) is 13.8 Å². The molecule has 0 saturated heterocycles. The van der Waals surface area contributed by atoms with E-state index in [0.717, 1.165) is 0 Å². The second kappa shape index (κ2) is 29.3. The quantitative estimate of drug-likeness (QED) is 0.509. The van der Waals surface area contributed by atoms with Crippen molar-refractivity contribution in [3.8, 4) is 0 Å². The molecule has 0 saturated carbocycles. The maximum absolute atomic E-state index is 3.25. The van der Waals surface area contributed by atoms with Crippen LogP contribution in [0.3, 0.4) is 0 Å². The van der Waals surface area contributed by atoms with E-state index in [4.69, 9.17) is 0 Å². The first-order valence-corrected chi connectivity index (χ1v) is 4.40. The van der Waals surface area contributed by atoms with Gasteiger partial charge in [-0.05, 0) is 0 Å². The fourth-order valence-corrected chi connectivity index (χ4v) is 0.481. The molecule has 2 N–H and O–H groups in total. The normalized spacial score (nSPS) is 5.75. The van der Waals surface area contributed by atoms with Crippen LogP contribution in [0.1, 0.15) is 13.8 Å². The average molecular weight is 392 g/mol. The minimum atomic E-state index is 0. The molecule has 0 atom stereocenters. The monoisotopic (exact) mass is 394 g/mol. The second-order valence-electron chi connectivity index (χ2n) is 1.63. The van der Waals surface area contributed by atoms with E-state index >= 15 is 0 Å². The van der Waals surface area contributed by atoms with Gasteiger partial charge in [0, 0.05) is 19.5 Å². The summed E-state index contributed by atoms with van der Waals surface area (Å²) in [6.07, 6.45) is 9.11. The van der Waals surface area contributed by atoms with E-state index in [1.54, 1.807) is 13.8 Å². The first kappa shape index (κ1) is 24.9. The number of hydrogen-bond donors (Lipinski definition) is 2. The zero-order chi connectivity index (χ0) is 11.1. The summed E-state index contributed by atoms with van der Waals surface area (Å²) in [7, 11) is 0. The van der Waals surface area contributed by atoms with Gasteiger partial charge in [-0.3, -0.25) is 0 Å². The Hall–Kier alpha value is -0.193. The molecular weight excluding hydrogens is 374 g/mol. The SMILES string of the molecule is [CH2-]C.[CH2-]C.[Ru+4].[Ru].[c-]1ccc[nH]1.[c-]1ccc[nH]1. The fraction of sp³-hybridized carbons (Fsp3) is 0.167. The van der Waals surface area contributed by atoms with Crippen LogP contribution < -0.4 is 0 Å². The molecule has 0 unspecified atom stereocenters. The molecular formula is C12H18N2Ru2. The van der Waals surface area contributed by atoms with E-state index in [1.807, 2.05) is 36.7 Å². The zero-order valence-corrected chi connectivity index (χ0v) is 13.1. The number of nitrogens with one attached hydrogen (secondary N) is 2. The summed E-state index contributed by atoms with van der Waals surface area (Å²) in [5, 5.41) is 0. The third-order valence-corrected chi connectivity index (χ3v) is 0.885. The van der Waals surface area contributed by atoms with Gasteiger partial charge in [0.1, 0.15) is 0 Å². The molecule has 0 amide bonds. The van der Waals surface area contributed by atoms with Crippen molar-refractivity contribution in [2.75, 3.05) is 0 Å². The van der Waals surface area contributed by atoms with Gasteiger partial charge in [0.05, 0.1) is 0 Å². The number of H-pyrrole nitrogens is 2. The topological polar surface area (TPSA) is 31.6 Å². The van der Waals surface area contributed by atoms with Gasteiger partial charge >= 0.3 is 19.5 Å². The average Bonchev–Trinajstić information content (AvgIpc) is 3.01. The Morgan fingerprint density at radius 2 is 1.12 bits per heavy atom. The molecule has 0 bridgehead atoms. The Bertz CT molecular complexity index is 156. The van der Waals surface area contributed by atoms with Crippen molar-refractivity contribution in [1.82, 2.24) is 9.97 Å². The molecule has 16 heavy (non-hydrogen) atoms. The molecule has 4 heteroatoms. The van der Waals surface area contributed by atoms with Gasteiger partial charge in [-0.25, -0.2) is 0 Å². The summed E-state index contributed by atoms with van der Waals surface area (Å²) in [4.78, 5) is 5.47. The third-order valence-electron chi connectivity index (χ3n) is 0.885. The maximum atomic E-state index is 3.25. The van der Waals surface area contributed by atoms with Gasteiger partial charge in [0.15, 0.2) is 0 Å². The van der Waals surface area contributed by atoms with E-state index < -0.39 is 0 Å². The molecule has 2 heterocycles. The molecule has 92 valence electrons. The van der Waals surface area contributed by atoms with Crippen molar-refractivity contribution >= 4 is 0 Å². The number of rotatable bonds is 0. The predicted molar refractivity (Wildman–Crippen MR) is 61.3 cm³/mol. The summed E-state index contributed by atoms with van der Waals surface area (Å²) in [6, 6.07) is 7.42. The van der Waals surface area contributed by atoms with Crippen molar-refractivity contribution in [3.05, 3.63) is 62.9 Å². The standard InChI is InChI=1S/2C4H4N.2C2H5.2Ru/c2*1-2-4-5-3-1;2*1-2;;/h2*1-3,5H;2*1H2,2H3;;/q4*-1;;+4. The Balaban J connectivity index is -0.0000000631. The summed E-state index contributed by atoms with van der Waals surface area (Å²) >= 11 is 0. The van der Waals surface area contributed by atoms with Crippen molar-refractivity contribution in [3.63, 3.8) is 0 Å². The van der Waals surface area contributed by atoms with E-state index in [1.165, 1.54) is 0 Å². The minimum Gasteiger partial charge on any atom is -0.484 e. The van der Waals surface area contributed by atoms with Crippen LogP contribution in [0.25, 0.3) is 0 Å². The first-order chi connectivity index (χ1) is 7.00. The zero-order valence-electron chi connectivity index (χ0n) is 9.59. The molecule has 2 nitrogen and oxygen atoms in total. The van der Waals surface area contributed by atoms with Crippen LogP contribution in [-0.4, -0.2) is 9.97 Å². The summed E-state index contributed by atoms with van der Waals surface area (Å²) in [5.74, 6) is 0. The molecule has 0 aromatic carbocycles. The maximum Gasteiger partial charge on any atom is 4.00 e. The van der Waals surface area contributed by atoms with E-state index in [-0.39, 0.29) is 39.0 Å². The minimum absolute atomic E-state index is 0. The molecule has 2 aromatic rings. The molecule has 0 fully saturated rings. The van der Waals surface area contributed by atoms with Crippen molar-refractivity contribution in [2.24, 2.45) is 0 Å². The van der Waals surface area contributed by atoms with Crippen molar-refractivity contribution < 1.29 is 39.0 Å². The second-order valence-corrected chi connectivity index (χ2v) is 1.63. The third kappa shape index (κ3) is 23.5. The van der Waals surface area contributed by atoms with Crippen LogP contribution in [0.15, 0.2) is 36.7 Å². The number of aromatic nitrogens is 2. The van der Waals surface area contributed by atoms with Gasteiger partial charge < -0.3 is 23.8 Å². The molecule has 0 aliphatic rings. The number of hydrogen-bond acceptors (Lipinski definition) is 0.